The molecule has 9 heteroatoms. The highest BCUT2D eigenvalue weighted by atomic mass is 35.5. The van der Waals surface area contributed by atoms with Crippen LogP contribution in [-0.4, -0.2) is 39.4 Å². The number of ether oxygens (including phenoxy) is 1. The van der Waals surface area contributed by atoms with Gasteiger partial charge in [0.2, 0.25) is 17.7 Å². The van der Waals surface area contributed by atoms with Gasteiger partial charge in [-0.3, -0.25) is 14.7 Å². The fourth-order valence-corrected chi connectivity index (χ4v) is 3.82. The summed E-state index contributed by atoms with van der Waals surface area (Å²) in [6.45, 7) is 4.67. The van der Waals surface area contributed by atoms with Crippen LogP contribution >= 0.6 is 11.6 Å². The summed E-state index contributed by atoms with van der Waals surface area (Å²) in [5.74, 6) is -0.0333. The zero-order valence-electron chi connectivity index (χ0n) is 19.4. The quantitative estimate of drug-likeness (QED) is 0.459. The number of pyridine rings is 1. The first-order valence-electron chi connectivity index (χ1n) is 11.2. The number of carboxylic acids is 1. The molecule has 0 fully saturated rings. The highest BCUT2D eigenvalue weighted by Gasteiger charge is 2.31. The Morgan fingerprint density at radius 2 is 1.97 bits per heavy atom. The summed E-state index contributed by atoms with van der Waals surface area (Å²) in [5.41, 5.74) is 2.40. The molecule has 8 nitrogen and oxygen atoms in total. The van der Waals surface area contributed by atoms with Crippen molar-refractivity contribution in [3.05, 3.63) is 82.5 Å². The number of aliphatic imine (C=N–C) groups is 1. The number of carbonyl (C=O) groups is 2. The SMILES string of the molecule is CCC1CN=C(Nc2ccc(Oc3cccc(C(=O)O)n3)c(C)c2)N(Cc2ccc(Cl)cc2)C1=O. The maximum Gasteiger partial charge on any atom is 0.354 e. The molecule has 0 aliphatic carbocycles. The average Bonchev–Trinajstić information content (AvgIpc) is 2.84. The lowest BCUT2D eigenvalue weighted by atomic mass is 10.0. The predicted octanol–water partition coefficient (Wildman–Crippen LogP) is 5.37. The highest BCUT2D eigenvalue weighted by Crippen LogP contribution is 2.27. The molecule has 1 amide bonds. The van der Waals surface area contributed by atoms with Crippen LogP contribution in [0, 0.1) is 12.8 Å². The second kappa shape index (κ2) is 10.6. The minimum atomic E-state index is -1.12. The van der Waals surface area contributed by atoms with Gasteiger partial charge in [0.25, 0.3) is 0 Å². The summed E-state index contributed by atoms with van der Waals surface area (Å²) in [4.78, 5) is 34.6. The van der Waals surface area contributed by atoms with Crippen LogP contribution in [0.15, 0.2) is 65.7 Å². The first kappa shape index (κ1) is 24.2. The van der Waals surface area contributed by atoms with Gasteiger partial charge in [-0.2, -0.15) is 0 Å². The minimum Gasteiger partial charge on any atom is -0.477 e. The molecule has 2 N–H and O–H groups in total. The van der Waals surface area contributed by atoms with Crippen LogP contribution in [0.2, 0.25) is 5.02 Å². The van der Waals surface area contributed by atoms with Crippen molar-refractivity contribution < 1.29 is 19.4 Å². The zero-order chi connectivity index (χ0) is 24.9. The molecule has 1 aliphatic heterocycles. The van der Waals surface area contributed by atoms with Crippen LogP contribution in [0.5, 0.6) is 11.6 Å². The number of aromatic carboxylic acids is 1. The first-order chi connectivity index (χ1) is 16.8. The molecule has 180 valence electrons. The predicted molar refractivity (Wildman–Crippen MR) is 134 cm³/mol. The van der Waals surface area contributed by atoms with Gasteiger partial charge < -0.3 is 15.2 Å². The number of rotatable bonds is 7. The summed E-state index contributed by atoms with van der Waals surface area (Å²) >= 11 is 6.01. The number of hydrogen-bond acceptors (Lipinski definition) is 6. The lowest BCUT2D eigenvalue weighted by Gasteiger charge is -2.32. The van der Waals surface area contributed by atoms with E-state index in [9.17, 15) is 9.59 Å². The van der Waals surface area contributed by atoms with Gasteiger partial charge >= 0.3 is 5.97 Å². The number of carboxylic acid groups (broad SMARTS) is 1. The zero-order valence-corrected chi connectivity index (χ0v) is 20.1. The van der Waals surface area contributed by atoms with Gasteiger partial charge in [-0.05, 0) is 60.9 Å². The van der Waals surface area contributed by atoms with E-state index in [-0.39, 0.29) is 23.4 Å². The number of carbonyl (C=O) groups excluding carboxylic acids is 1. The molecule has 1 aromatic heterocycles. The average molecular weight is 493 g/mol. The third-order valence-electron chi connectivity index (χ3n) is 5.67. The van der Waals surface area contributed by atoms with Crippen molar-refractivity contribution >= 4 is 35.1 Å². The molecule has 4 rings (SSSR count). The Bertz CT molecular complexity index is 1280. The van der Waals surface area contributed by atoms with E-state index in [1.807, 2.05) is 38.1 Å². The number of nitrogens with zero attached hydrogens (tertiary/aromatic N) is 3. The summed E-state index contributed by atoms with van der Waals surface area (Å²) in [7, 11) is 0. The van der Waals surface area contributed by atoms with Gasteiger partial charge in [-0.25, -0.2) is 9.78 Å². The maximum absolute atomic E-state index is 13.1. The lowest BCUT2D eigenvalue weighted by Crippen LogP contribution is -2.48. The van der Waals surface area contributed by atoms with Crippen LogP contribution in [-0.2, 0) is 11.3 Å². The van der Waals surface area contributed by atoms with E-state index in [0.29, 0.717) is 29.8 Å². The smallest absolute Gasteiger partial charge is 0.354 e. The van der Waals surface area contributed by atoms with Crippen LogP contribution in [0.4, 0.5) is 5.69 Å². The van der Waals surface area contributed by atoms with Crippen molar-refractivity contribution in [1.29, 1.82) is 0 Å². The molecular formula is C26H25ClN4O4. The molecular weight excluding hydrogens is 468 g/mol. The number of guanidine groups is 1. The molecule has 1 unspecified atom stereocenters. The van der Waals surface area contributed by atoms with Crippen molar-refractivity contribution in [1.82, 2.24) is 9.88 Å². The van der Waals surface area contributed by atoms with E-state index in [4.69, 9.17) is 21.4 Å². The Morgan fingerprint density at radius 1 is 1.20 bits per heavy atom. The van der Waals surface area contributed by atoms with E-state index in [1.54, 1.807) is 35.2 Å². The Hall–Kier alpha value is -3.91. The molecule has 35 heavy (non-hydrogen) atoms. The molecule has 1 aliphatic rings. The fraction of sp³-hybridized carbons (Fsp3) is 0.231. The lowest BCUT2D eigenvalue weighted by molar-refractivity contribution is -0.132. The topological polar surface area (TPSA) is 104 Å². The summed E-state index contributed by atoms with van der Waals surface area (Å²) in [5, 5.41) is 13.0. The van der Waals surface area contributed by atoms with Crippen LogP contribution < -0.4 is 10.1 Å². The number of amides is 1. The number of nitrogens with one attached hydrogen (secondary N) is 1. The normalized spacial score (nSPS) is 15.5. The molecule has 0 radical (unpaired) electrons. The Balaban J connectivity index is 1.53. The Morgan fingerprint density at radius 3 is 2.66 bits per heavy atom. The van der Waals surface area contributed by atoms with Crippen LogP contribution in [0.3, 0.4) is 0 Å². The second-order valence-electron chi connectivity index (χ2n) is 8.19. The van der Waals surface area contributed by atoms with Gasteiger partial charge in [0.05, 0.1) is 19.0 Å². The van der Waals surface area contributed by atoms with Crippen molar-refractivity contribution in [2.45, 2.75) is 26.8 Å². The fourth-order valence-electron chi connectivity index (χ4n) is 3.70. The molecule has 0 spiro atoms. The summed E-state index contributed by atoms with van der Waals surface area (Å²) in [6.07, 6.45) is 0.717. The van der Waals surface area contributed by atoms with Gasteiger partial charge in [-0.15, -0.1) is 0 Å². The first-order valence-corrected chi connectivity index (χ1v) is 11.6. The molecule has 2 heterocycles. The molecule has 0 bridgehead atoms. The van der Waals surface area contributed by atoms with Gasteiger partial charge in [0, 0.05) is 16.8 Å². The standard InChI is InChI=1S/C26H25ClN4O4/c1-3-18-14-28-26(31(24(18)32)15-17-7-9-19(27)10-8-17)29-20-11-12-22(16(2)13-20)35-23-6-4-5-21(30-23)25(33)34/h4-13,18H,3,14-15H2,1-2H3,(H,28,29)(H,33,34). The minimum absolute atomic E-state index is 0.0287. The van der Waals surface area contributed by atoms with E-state index < -0.39 is 5.97 Å². The van der Waals surface area contributed by atoms with Crippen molar-refractivity contribution in [3.8, 4) is 11.6 Å². The largest absolute Gasteiger partial charge is 0.477 e. The third kappa shape index (κ3) is 5.78. The van der Waals surface area contributed by atoms with E-state index in [0.717, 1.165) is 23.2 Å². The second-order valence-corrected chi connectivity index (χ2v) is 8.63. The van der Waals surface area contributed by atoms with Crippen LogP contribution in [0.1, 0.15) is 35.0 Å². The number of halogens is 1. The number of aromatic nitrogens is 1. The number of aryl methyl sites for hydroxylation is 1. The summed E-state index contributed by atoms with van der Waals surface area (Å²) in [6, 6.07) is 17.4. The van der Waals surface area contributed by atoms with Crippen molar-refractivity contribution in [2.75, 3.05) is 11.9 Å². The van der Waals surface area contributed by atoms with E-state index >= 15 is 0 Å². The van der Waals surface area contributed by atoms with Gasteiger partial charge in [0.15, 0.2) is 5.69 Å². The van der Waals surface area contributed by atoms with Crippen LogP contribution in [0.25, 0.3) is 0 Å². The summed E-state index contributed by atoms with van der Waals surface area (Å²) < 4.78 is 5.79. The molecule has 1 atom stereocenters. The van der Waals surface area contributed by atoms with E-state index in [2.05, 4.69) is 15.3 Å². The van der Waals surface area contributed by atoms with Crippen molar-refractivity contribution in [2.24, 2.45) is 10.9 Å². The maximum atomic E-state index is 13.1. The number of hydrogen-bond donors (Lipinski definition) is 2. The Labute approximate surface area is 208 Å². The highest BCUT2D eigenvalue weighted by molar-refractivity contribution is 6.30. The number of anilines is 1. The van der Waals surface area contributed by atoms with Gasteiger partial charge in [0.1, 0.15) is 5.75 Å². The molecule has 0 saturated carbocycles. The number of benzene rings is 2. The van der Waals surface area contributed by atoms with E-state index in [1.165, 1.54) is 6.07 Å². The van der Waals surface area contributed by atoms with Crippen molar-refractivity contribution in [3.63, 3.8) is 0 Å². The monoisotopic (exact) mass is 492 g/mol. The molecule has 3 aromatic rings. The molecule has 2 aromatic carbocycles. The Kier molecular flexibility index (Phi) is 7.31. The third-order valence-corrected chi connectivity index (χ3v) is 5.92. The van der Waals surface area contributed by atoms with Gasteiger partial charge in [-0.1, -0.05) is 36.7 Å². The molecule has 0 saturated heterocycles.